The minimum absolute atomic E-state index is 0.278. The SMILES string of the molecule is O=C(CC(=O)Nc1ccc(Cl)cc1Cl)Nc1ccc(F)cc1. The smallest absolute Gasteiger partial charge is 0.233 e. The van der Waals surface area contributed by atoms with Crippen molar-refractivity contribution in [3.05, 3.63) is 58.3 Å². The van der Waals surface area contributed by atoms with Crippen LogP contribution in [0.4, 0.5) is 15.8 Å². The van der Waals surface area contributed by atoms with Crippen LogP contribution in [0.2, 0.25) is 10.0 Å². The van der Waals surface area contributed by atoms with E-state index in [1.165, 1.54) is 30.3 Å². The third-order valence-corrected chi connectivity index (χ3v) is 3.20. The Morgan fingerprint density at radius 2 is 1.59 bits per heavy atom. The average molecular weight is 341 g/mol. The molecule has 0 saturated carbocycles. The molecule has 0 aliphatic rings. The first kappa shape index (κ1) is 16.3. The predicted octanol–water partition coefficient (Wildman–Crippen LogP) is 4.10. The lowest BCUT2D eigenvalue weighted by atomic mass is 10.2. The maximum absolute atomic E-state index is 12.7. The van der Waals surface area contributed by atoms with Gasteiger partial charge in [-0.3, -0.25) is 9.59 Å². The van der Waals surface area contributed by atoms with Crippen LogP contribution in [0.5, 0.6) is 0 Å². The lowest BCUT2D eigenvalue weighted by Crippen LogP contribution is -2.21. The van der Waals surface area contributed by atoms with Crippen molar-refractivity contribution in [1.82, 2.24) is 0 Å². The van der Waals surface area contributed by atoms with Gasteiger partial charge in [-0.2, -0.15) is 0 Å². The molecular formula is C15H11Cl2FN2O2. The molecule has 2 N–H and O–H groups in total. The summed E-state index contributed by atoms with van der Waals surface area (Å²) in [7, 11) is 0. The zero-order valence-corrected chi connectivity index (χ0v) is 12.7. The second kappa shape index (κ2) is 7.24. The molecule has 22 heavy (non-hydrogen) atoms. The van der Waals surface area contributed by atoms with Crippen LogP contribution in [-0.4, -0.2) is 11.8 Å². The minimum Gasteiger partial charge on any atom is -0.326 e. The average Bonchev–Trinajstić information content (AvgIpc) is 2.44. The summed E-state index contributed by atoms with van der Waals surface area (Å²) >= 11 is 11.7. The van der Waals surface area contributed by atoms with Crippen molar-refractivity contribution in [3.8, 4) is 0 Å². The molecule has 0 atom stereocenters. The van der Waals surface area contributed by atoms with Crippen molar-refractivity contribution in [2.45, 2.75) is 6.42 Å². The number of anilines is 2. The number of benzene rings is 2. The number of rotatable bonds is 4. The van der Waals surface area contributed by atoms with Crippen LogP contribution in [0.25, 0.3) is 0 Å². The van der Waals surface area contributed by atoms with Crippen LogP contribution in [-0.2, 0) is 9.59 Å². The summed E-state index contributed by atoms with van der Waals surface area (Å²) in [6, 6.07) is 9.83. The molecule has 0 heterocycles. The molecule has 0 spiro atoms. The summed E-state index contributed by atoms with van der Waals surface area (Å²) in [4.78, 5) is 23.5. The number of carbonyl (C=O) groups is 2. The fourth-order valence-electron chi connectivity index (χ4n) is 1.67. The van der Waals surface area contributed by atoms with Gasteiger partial charge in [-0.25, -0.2) is 4.39 Å². The van der Waals surface area contributed by atoms with Crippen molar-refractivity contribution in [1.29, 1.82) is 0 Å². The zero-order valence-electron chi connectivity index (χ0n) is 11.2. The van der Waals surface area contributed by atoms with Crippen molar-refractivity contribution >= 4 is 46.4 Å². The normalized spacial score (nSPS) is 10.1. The number of hydrogen-bond acceptors (Lipinski definition) is 2. The van der Waals surface area contributed by atoms with E-state index in [0.717, 1.165) is 0 Å². The first-order chi connectivity index (χ1) is 10.4. The molecule has 0 aromatic heterocycles. The highest BCUT2D eigenvalue weighted by molar-refractivity contribution is 6.36. The van der Waals surface area contributed by atoms with E-state index in [9.17, 15) is 14.0 Å². The van der Waals surface area contributed by atoms with Gasteiger partial charge in [0.1, 0.15) is 12.2 Å². The van der Waals surface area contributed by atoms with Gasteiger partial charge in [-0.15, -0.1) is 0 Å². The molecular weight excluding hydrogens is 330 g/mol. The summed E-state index contributed by atoms with van der Waals surface area (Å²) in [6.07, 6.45) is -0.393. The van der Waals surface area contributed by atoms with Crippen LogP contribution < -0.4 is 10.6 Å². The monoisotopic (exact) mass is 340 g/mol. The van der Waals surface area contributed by atoms with Gasteiger partial charge >= 0.3 is 0 Å². The van der Waals surface area contributed by atoms with Gasteiger partial charge in [0.2, 0.25) is 11.8 Å². The quantitative estimate of drug-likeness (QED) is 0.823. The van der Waals surface area contributed by atoms with Gasteiger partial charge in [-0.05, 0) is 42.5 Å². The Labute approximate surface area is 136 Å². The molecule has 114 valence electrons. The molecule has 0 saturated heterocycles. The van der Waals surface area contributed by atoms with Crippen LogP contribution in [0.3, 0.4) is 0 Å². The highest BCUT2D eigenvalue weighted by atomic mass is 35.5. The topological polar surface area (TPSA) is 58.2 Å². The molecule has 0 aliphatic heterocycles. The molecule has 2 amide bonds. The third-order valence-electron chi connectivity index (χ3n) is 2.65. The molecule has 7 heteroatoms. The highest BCUT2D eigenvalue weighted by Gasteiger charge is 2.11. The van der Waals surface area contributed by atoms with E-state index < -0.39 is 24.1 Å². The Balaban J connectivity index is 1.91. The Morgan fingerprint density at radius 1 is 0.955 bits per heavy atom. The first-order valence-corrected chi connectivity index (χ1v) is 7.00. The Morgan fingerprint density at radius 3 is 2.23 bits per heavy atom. The van der Waals surface area contributed by atoms with E-state index >= 15 is 0 Å². The maximum Gasteiger partial charge on any atom is 0.233 e. The second-order valence-electron chi connectivity index (χ2n) is 4.40. The van der Waals surface area contributed by atoms with Gasteiger partial charge in [0, 0.05) is 10.7 Å². The second-order valence-corrected chi connectivity index (χ2v) is 5.25. The number of amides is 2. The van der Waals surface area contributed by atoms with Gasteiger partial charge in [0.05, 0.1) is 10.7 Å². The van der Waals surface area contributed by atoms with Crippen LogP contribution in [0.15, 0.2) is 42.5 Å². The Bertz CT molecular complexity index is 705. The molecule has 2 aromatic carbocycles. The number of hydrogen-bond donors (Lipinski definition) is 2. The van der Waals surface area contributed by atoms with Gasteiger partial charge in [0.15, 0.2) is 0 Å². The van der Waals surface area contributed by atoms with Crippen LogP contribution >= 0.6 is 23.2 Å². The Hall–Kier alpha value is -2.11. The molecule has 2 rings (SSSR count). The maximum atomic E-state index is 12.7. The molecule has 0 bridgehead atoms. The number of nitrogens with one attached hydrogen (secondary N) is 2. The van der Waals surface area contributed by atoms with E-state index in [1.54, 1.807) is 12.1 Å². The molecule has 4 nitrogen and oxygen atoms in total. The summed E-state index contributed by atoms with van der Waals surface area (Å²) < 4.78 is 12.7. The molecule has 0 fully saturated rings. The van der Waals surface area contributed by atoms with Gasteiger partial charge in [-0.1, -0.05) is 23.2 Å². The Kier molecular flexibility index (Phi) is 5.35. The van der Waals surface area contributed by atoms with Crippen molar-refractivity contribution in [3.63, 3.8) is 0 Å². The minimum atomic E-state index is -0.524. The fraction of sp³-hybridized carbons (Fsp3) is 0.0667. The van der Waals surface area contributed by atoms with Crippen molar-refractivity contribution < 1.29 is 14.0 Å². The standard InChI is InChI=1S/C15H11Cl2FN2O2/c16-9-1-6-13(12(17)7-9)20-15(22)8-14(21)19-11-4-2-10(18)3-5-11/h1-7H,8H2,(H,19,21)(H,20,22). The van der Waals surface area contributed by atoms with Crippen LogP contribution in [0.1, 0.15) is 6.42 Å². The molecule has 0 aliphatic carbocycles. The summed E-state index contributed by atoms with van der Waals surface area (Å²) in [5.74, 6) is -1.45. The van der Waals surface area contributed by atoms with Gasteiger partial charge < -0.3 is 10.6 Å². The van der Waals surface area contributed by atoms with Crippen molar-refractivity contribution in [2.75, 3.05) is 10.6 Å². The predicted molar refractivity (Wildman–Crippen MR) is 84.7 cm³/mol. The highest BCUT2D eigenvalue weighted by Crippen LogP contribution is 2.25. The first-order valence-electron chi connectivity index (χ1n) is 6.24. The molecule has 0 unspecified atom stereocenters. The van der Waals surface area contributed by atoms with Crippen molar-refractivity contribution in [2.24, 2.45) is 0 Å². The fourth-order valence-corrected chi connectivity index (χ4v) is 2.13. The van der Waals surface area contributed by atoms with E-state index in [2.05, 4.69) is 10.6 Å². The third kappa shape index (κ3) is 4.72. The summed E-state index contributed by atoms with van der Waals surface area (Å²) in [5.41, 5.74) is 0.773. The zero-order chi connectivity index (χ0) is 16.1. The van der Waals surface area contributed by atoms with E-state index in [0.29, 0.717) is 16.4 Å². The molecule has 0 radical (unpaired) electrons. The van der Waals surface area contributed by atoms with Crippen LogP contribution in [0, 0.1) is 5.82 Å². The summed E-state index contributed by atoms with van der Waals surface area (Å²) in [6.45, 7) is 0. The number of carbonyl (C=O) groups excluding carboxylic acids is 2. The molecule has 2 aromatic rings. The summed E-state index contributed by atoms with van der Waals surface area (Å²) in [5, 5.41) is 5.72. The number of halogens is 3. The van der Waals surface area contributed by atoms with E-state index in [-0.39, 0.29) is 5.02 Å². The largest absolute Gasteiger partial charge is 0.326 e. The van der Waals surface area contributed by atoms with Gasteiger partial charge in [0.25, 0.3) is 0 Å². The van der Waals surface area contributed by atoms with E-state index in [4.69, 9.17) is 23.2 Å². The lowest BCUT2D eigenvalue weighted by Gasteiger charge is -2.08. The lowest BCUT2D eigenvalue weighted by molar-refractivity contribution is -0.123. The van der Waals surface area contributed by atoms with E-state index in [1.807, 2.05) is 0 Å².